The van der Waals surface area contributed by atoms with Gasteiger partial charge in [0.15, 0.2) is 5.82 Å². The van der Waals surface area contributed by atoms with Crippen LogP contribution in [0.15, 0.2) is 36.7 Å². The highest BCUT2D eigenvalue weighted by Gasteiger charge is 2.39. The summed E-state index contributed by atoms with van der Waals surface area (Å²) in [6, 6.07) is 8.19. The molecule has 1 N–H and O–H groups in total. The molecule has 0 saturated carbocycles. The van der Waals surface area contributed by atoms with Gasteiger partial charge in [0.05, 0.1) is 31.0 Å². The Kier molecular flexibility index (Phi) is 3.87. The number of morpholine rings is 1. The first-order chi connectivity index (χ1) is 13.1. The van der Waals surface area contributed by atoms with Crippen molar-refractivity contribution in [3.63, 3.8) is 0 Å². The van der Waals surface area contributed by atoms with Gasteiger partial charge in [0.2, 0.25) is 5.91 Å². The molecule has 0 unspecified atom stereocenters. The zero-order valence-electron chi connectivity index (χ0n) is 15.0. The molecular weight excluding hydrogens is 344 g/mol. The number of aromatic nitrogens is 4. The maximum Gasteiger partial charge on any atom is 0.239 e. The number of rotatable bonds is 4. The van der Waals surface area contributed by atoms with E-state index in [1.165, 1.54) is 0 Å². The van der Waals surface area contributed by atoms with E-state index in [2.05, 4.69) is 25.5 Å². The molecule has 2 saturated heterocycles. The number of anilines is 1. The molecule has 1 aromatic carbocycles. The molecule has 8 nitrogen and oxygen atoms in total. The van der Waals surface area contributed by atoms with E-state index >= 15 is 0 Å². The summed E-state index contributed by atoms with van der Waals surface area (Å²) < 4.78 is 7.35. The maximum atomic E-state index is 12.4. The number of hydrogen-bond acceptors (Lipinski definition) is 6. The number of carbonyl (C=O) groups excluding carboxylic acids is 1. The maximum absolute atomic E-state index is 12.4. The molecule has 3 aromatic rings. The molecule has 27 heavy (non-hydrogen) atoms. The molecule has 0 aliphatic carbocycles. The van der Waals surface area contributed by atoms with Crippen LogP contribution in [0.2, 0.25) is 0 Å². The van der Waals surface area contributed by atoms with Crippen LogP contribution in [-0.2, 0) is 16.6 Å². The molecule has 2 fully saturated rings. The van der Waals surface area contributed by atoms with Gasteiger partial charge >= 0.3 is 0 Å². The summed E-state index contributed by atoms with van der Waals surface area (Å²) in [5.74, 6) is 0.399. The summed E-state index contributed by atoms with van der Waals surface area (Å²) in [5.41, 5.74) is 2.87. The van der Waals surface area contributed by atoms with Crippen LogP contribution in [0.5, 0.6) is 0 Å². The monoisotopic (exact) mass is 364 g/mol. The van der Waals surface area contributed by atoms with Crippen molar-refractivity contribution in [2.75, 3.05) is 25.0 Å². The highest BCUT2D eigenvalue weighted by atomic mass is 16.5. The summed E-state index contributed by atoms with van der Waals surface area (Å²) in [4.78, 5) is 14.6. The second-order valence-electron chi connectivity index (χ2n) is 7.23. The Bertz CT molecular complexity index is 1020. The minimum absolute atomic E-state index is 0.0698. The van der Waals surface area contributed by atoms with Crippen molar-refractivity contribution in [1.29, 1.82) is 0 Å². The zero-order chi connectivity index (χ0) is 18.4. The second kappa shape index (κ2) is 6.40. The average molecular weight is 364 g/mol. The average Bonchev–Trinajstić information content (AvgIpc) is 3.38. The van der Waals surface area contributed by atoms with Crippen LogP contribution in [-0.4, -0.2) is 62.6 Å². The number of likely N-dealkylation sites (tertiary alicyclic amines) is 1. The molecule has 4 heterocycles. The van der Waals surface area contributed by atoms with E-state index < -0.39 is 0 Å². The van der Waals surface area contributed by atoms with E-state index in [1.54, 1.807) is 4.68 Å². The molecule has 2 aromatic heterocycles. The lowest BCUT2D eigenvalue weighted by molar-refractivity contribution is -0.118. The highest BCUT2D eigenvalue weighted by molar-refractivity contribution is 5.93. The number of benzene rings is 1. The van der Waals surface area contributed by atoms with E-state index in [0.717, 1.165) is 41.6 Å². The van der Waals surface area contributed by atoms with Crippen LogP contribution in [0.1, 0.15) is 6.42 Å². The molecule has 138 valence electrons. The fourth-order valence-corrected chi connectivity index (χ4v) is 3.90. The van der Waals surface area contributed by atoms with Gasteiger partial charge in [-0.2, -0.15) is 5.10 Å². The molecule has 2 aliphatic heterocycles. The number of hydrogen-bond donors (Lipinski definition) is 1. The molecule has 0 radical (unpaired) electrons. The first-order valence-corrected chi connectivity index (χ1v) is 9.06. The standard InChI is InChI=1S/C19H20N6O2/c1-24-8-14(7-20-24)12-2-3-17-13(4-12)5-18(23-22-17)21-19(26)10-25-9-16-6-15(25)11-27-16/h2-5,7-8,15-16H,6,9-11H2,1H3,(H,21,23,26)/t15-,16-/m0/s1. The van der Waals surface area contributed by atoms with Crippen LogP contribution in [0.25, 0.3) is 22.0 Å². The van der Waals surface area contributed by atoms with Gasteiger partial charge in [-0.1, -0.05) is 6.07 Å². The lowest BCUT2D eigenvalue weighted by atomic mass is 10.1. The van der Waals surface area contributed by atoms with Gasteiger partial charge in [-0.15, -0.1) is 10.2 Å². The van der Waals surface area contributed by atoms with Crippen LogP contribution in [0.4, 0.5) is 5.82 Å². The molecule has 0 spiro atoms. The first kappa shape index (κ1) is 16.3. The first-order valence-electron chi connectivity index (χ1n) is 9.06. The second-order valence-corrected chi connectivity index (χ2v) is 7.23. The van der Waals surface area contributed by atoms with Crippen molar-refractivity contribution in [1.82, 2.24) is 24.9 Å². The van der Waals surface area contributed by atoms with Gasteiger partial charge in [0.25, 0.3) is 0 Å². The minimum Gasteiger partial charge on any atom is -0.375 e. The fraction of sp³-hybridized carbons (Fsp3) is 0.368. The molecule has 8 heteroatoms. The summed E-state index contributed by atoms with van der Waals surface area (Å²) in [6.07, 6.45) is 5.10. The number of carbonyl (C=O) groups is 1. The molecular formula is C19H20N6O2. The highest BCUT2D eigenvalue weighted by Crippen LogP contribution is 2.27. The number of amides is 1. The van der Waals surface area contributed by atoms with Crippen molar-refractivity contribution in [2.45, 2.75) is 18.6 Å². The topological polar surface area (TPSA) is 85.2 Å². The smallest absolute Gasteiger partial charge is 0.239 e. The lowest BCUT2D eigenvalue weighted by Crippen LogP contribution is -2.41. The van der Waals surface area contributed by atoms with Gasteiger partial charge in [-0.25, -0.2) is 0 Å². The third kappa shape index (κ3) is 3.17. The normalized spacial score (nSPS) is 21.8. The summed E-state index contributed by atoms with van der Waals surface area (Å²) in [7, 11) is 1.89. The Labute approximate surface area is 156 Å². The van der Waals surface area contributed by atoms with Crippen molar-refractivity contribution < 1.29 is 9.53 Å². The zero-order valence-corrected chi connectivity index (χ0v) is 15.0. The Morgan fingerprint density at radius 1 is 1.30 bits per heavy atom. The predicted octanol–water partition coefficient (Wildman–Crippen LogP) is 1.44. The number of aryl methyl sites for hydroxylation is 1. The van der Waals surface area contributed by atoms with Gasteiger partial charge in [0, 0.05) is 36.8 Å². The Balaban J connectivity index is 1.33. The minimum atomic E-state index is -0.0698. The lowest BCUT2D eigenvalue weighted by Gasteiger charge is -2.25. The van der Waals surface area contributed by atoms with Crippen LogP contribution >= 0.6 is 0 Å². The van der Waals surface area contributed by atoms with E-state index in [4.69, 9.17) is 4.74 Å². The summed E-state index contributed by atoms with van der Waals surface area (Å²) in [6.45, 7) is 1.92. The van der Waals surface area contributed by atoms with Crippen LogP contribution in [0.3, 0.4) is 0 Å². The predicted molar refractivity (Wildman–Crippen MR) is 100 cm³/mol. The molecule has 2 atom stereocenters. The van der Waals surface area contributed by atoms with Gasteiger partial charge in [-0.3, -0.25) is 14.4 Å². The quantitative estimate of drug-likeness (QED) is 0.754. The van der Waals surface area contributed by atoms with Gasteiger partial charge in [0.1, 0.15) is 0 Å². The Morgan fingerprint density at radius 2 is 2.22 bits per heavy atom. The number of nitrogens with zero attached hydrogens (tertiary/aromatic N) is 5. The van der Waals surface area contributed by atoms with Crippen molar-refractivity contribution in [3.05, 3.63) is 36.7 Å². The Hall–Kier alpha value is -2.84. The van der Waals surface area contributed by atoms with E-state index in [1.807, 2.05) is 43.7 Å². The van der Waals surface area contributed by atoms with Crippen molar-refractivity contribution in [2.24, 2.45) is 7.05 Å². The Morgan fingerprint density at radius 3 is 2.96 bits per heavy atom. The van der Waals surface area contributed by atoms with Gasteiger partial charge < -0.3 is 10.1 Å². The third-order valence-electron chi connectivity index (χ3n) is 5.25. The largest absolute Gasteiger partial charge is 0.375 e. The fourth-order valence-electron chi connectivity index (χ4n) is 3.90. The van der Waals surface area contributed by atoms with Gasteiger partial charge in [-0.05, 0) is 30.2 Å². The summed E-state index contributed by atoms with van der Waals surface area (Å²) >= 11 is 0. The summed E-state index contributed by atoms with van der Waals surface area (Å²) in [5, 5.41) is 16.4. The van der Waals surface area contributed by atoms with Crippen molar-refractivity contribution >= 4 is 22.6 Å². The molecule has 2 aliphatic rings. The van der Waals surface area contributed by atoms with Crippen LogP contribution in [0, 0.1) is 0 Å². The number of nitrogens with one attached hydrogen (secondary N) is 1. The van der Waals surface area contributed by atoms with E-state index in [-0.39, 0.29) is 12.0 Å². The molecule has 5 rings (SSSR count). The number of fused-ring (bicyclic) bond motifs is 3. The van der Waals surface area contributed by atoms with Crippen molar-refractivity contribution in [3.8, 4) is 11.1 Å². The third-order valence-corrected chi connectivity index (χ3v) is 5.25. The number of ether oxygens (including phenoxy) is 1. The van der Waals surface area contributed by atoms with E-state index in [0.29, 0.717) is 18.4 Å². The molecule has 2 bridgehead atoms. The molecule has 1 amide bonds. The SMILES string of the molecule is Cn1cc(-c2ccc3nnc(NC(=O)CN4C[C@@H]5C[C@H]4CO5)cc3c2)cn1. The van der Waals surface area contributed by atoms with E-state index in [9.17, 15) is 4.79 Å². The van der Waals surface area contributed by atoms with Crippen LogP contribution < -0.4 is 5.32 Å².